The Balaban J connectivity index is 1.66. The van der Waals surface area contributed by atoms with Crippen LogP contribution >= 0.6 is 0 Å². The van der Waals surface area contributed by atoms with E-state index in [0.717, 1.165) is 5.56 Å². The highest BCUT2D eigenvalue weighted by atomic mass is 16.6. The Morgan fingerprint density at radius 1 is 1.00 bits per heavy atom. The second-order valence-corrected chi connectivity index (χ2v) is 11.8. The first-order chi connectivity index (χ1) is 21.6. The summed E-state index contributed by atoms with van der Waals surface area (Å²) in [5.74, 6) is 0.603. The number of esters is 1. The fourth-order valence-corrected chi connectivity index (χ4v) is 4.96. The molecule has 1 heterocycles. The quantitative estimate of drug-likeness (QED) is 0.127. The van der Waals surface area contributed by atoms with Crippen molar-refractivity contribution >= 4 is 17.8 Å². The van der Waals surface area contributed by atoms with Crippen LogP contribution in [0.2, 0.25) is 0 Å². The zero-order valence-corrected chi connectivity index (χ0v) is 26.4. The number of hydrogen-bond donors (Lipinski definition) is 3. The predicted octanol–water partition coefficient (Wildman–Crippen LogP) is 4.70. The Morgan fingerprint density at radius 2 is 1.76 bits per heavy atom. The number of benzene rings is 3. The molecule has 0 radical (unpaired) electrons. The highest BCUT2D eigenvalue weighted by molar-refractivity contribution is 6.01. The minimum atomic E-state index is -1.52. The van der Waals surface area contributed by atoms with Gasteiger partial charge in [0.05, 0.1) is 13.7 Å². The first kappa shape index (κ1) is 33.5. The standard InChI is InChI=1S/C35H43N3O7/c1-34(2,3)45-30(40)18-20-35(33(41)38-36-21-19-25-10-6-5-7-11-25)31(27-12-8-13-29(24-27)42-4)44-32(37-35)26-14-16-28(17-15-26)43-23-9-22-39/h5-8,10-17,24,31,36,39H,9,18-23H2,1-4H3,(H,38,41)/t31-,35-/m0/s1. The minimum Gasteiger partial charge on any atom is -0.497 e. The van der Waals surface area contributed by atoms with E-state index >= 15 is 0 Å². The highest BCUT2D eigenvalue weighted by Crippen LogP contribution is 2.44. The number of aliphatic hydroxyl groups excluding tert-OH is 1. The van der Waals surface area contributed by atoms with E-state index in [1.807, 2.05) is 48.5 Å². The van der Waals surface area contributed by atoms with Gasteiger partial charge in [-0.25, -0.2) is 10.4 Å². The highest BCUT2D eigenvalue weighted by Gasteiger charge is 2.53. The maximum atomic E-state index is 14.2. The molecule has 10 nitrogen and oxygen atoms in total. The molecular formula is C35H43N3O7. The largest absolute Gasteiger partial charge is 0.497 e. The Morgan fingerprint density at radius 3 is 2.44 bits per heavy atom. The Kier molecular flexibility index (Phi) is 11.6. The van der Waals surface area contributed by atoms with Gasteiger partial charge in [-0.05, 0) is 81.1 Å². The van der Waals surface area contributed by atoms with Crippen molar-refractivity contribution in [3.63, 3.8) is 0 Å². The Bertz CT molecular complexity index is 1440. The first-order valence-electron chi connectivity index (χ1n) is 15.2. The van der Waals surface area contributed by atoms with Gasteiger partial charge < -0.3 is 24.1 Å². The lowest BCUT2D eigenvalue weighted by Crippen LogP contribution is -2.53. The zero-order valence-electron chi connectivity index (χ0n) is 26.4. The van der Waals surface area contributed by atoms with E-state index in [2.05, 4.69) is 10.9 Å². The van der Waals surface area contributed by atoms with Crippen molar-refractivity contribution < 1.29 is 33.6 Å². The van der Waals surface area contributed by atoms with Gasteiger partial charge in [0.25, 0.3) is 5.91 Å². The fraction of sp³-hybridized carbons (Fsp3) is 0.400. The summed E-state index contributed by atoms with van der Waals surface area (Å²) >= 11 is 0. The second-order valence-electron chi connectivity index (χ2n) is 11.8. The smallest absolute Gasteiger partial charge is 0.306 e. The lowest BCUT2D eigenvalue weighted by Gasteiger charge is -2.31. The van der Waals surface area contributed by atoms with Crippen LogP contribution in [-0.2, 0) is 25.5 Å². The summed E-state index contributed by atoms with van der Waals surface area (Å²) in [6.45, 7) is 6.32. The molecule has 0 aromatic heterocycles. The van der Waals surface area contributed by atoms with Crippen LogP contribution in [0.25, 0.3) is 0 Å². The third-order valence-electron chi connectivity index (χ3n) is 7.14. The lowest BCUT2D eigenvalue weighted by molar-refractivity contribution is -0.155. The SMILES string of the molecule is COc1cccc([C@@H]2OC(c3ccc(OCCCO)cc3)=N[C@]2(CCC(=O)OC(C)(C)C)C(=O)NNCCc2ccccc2)c1. The molecule has 3 N–H and O–H groups in total. The van der Waals surface area contributed by atoms with Crippen LogP contribution in [0.1, 0.15) is 62.8 Å². The van der Waals surface area contributed by atoms with Gasteiger partial charge in [0, 0.05) is 31.6 Å². The average molecular weight is 618 g/mol. The fourth-order valence-electron chi connectivity index (χ4n) is 4.96. The van der Waals surface area contributed by atoms with Gasteiger partial charge in [0.2, 0.25) is 5.90 Å². The molecule has 0 aliphatic carbocycles. The number of nitrogens with zero attached hydrogens (tertiary/aromatic N) is 1. The molecule has 10 heteroatoms. The van der Waals surface area contributed by atoms with E-state index in [1.54, 1.807) is 58.2 Å². The molecule has 0 unspecified atom stereocenters. The number of hydrazine groups is 1. The Labute approximate surface area is 264 Å². The van der Waals surface area contributed by atoms with Gasteiger partial charge in [0.15, 0.2) is 11.6 Å². The maximum Gasteiger partial charge on any atom is 0.306 e. The number of aliphatic hydroxyl groups is 1. The minimum absolute atomic E-state index is 0.0296. The number of ether oxygens (including phenoxy) is 4. The molecule has 1 aliphatic heterocycles. The predicted molar refractivity (Wildman–Crippen MR) is 171 cm³/mol. The zero-order chi connectivity index (χ0) is 32.3. The van der Waals surface area contributed by atoms with Gasteiger partial charge in [0.1, 0.15) is 17.1 Å². The number of carbonyl (C=O) groups excluding carboxylic acids is 2. The van der Waals surface area contributed by atoms with E-state index < -0.39 is 29.1 Å². The molecule has 3 aromatic carbocycles. The number of nitrogens with one attached hydrogen (secondary N) is 2. The molecule has 4 rings (SSSR count). The molecule has 0 spiro atoms. The van der Waals surface area contributed by atoms with Crippen LogP contribution in [0, 0.1) is 0 Å². The molecule has 3 aromatic rings. The van der Waals surface area contributed by atoms with Crippen LogP contribution in [0.4, 0.5) is 0 Å². The molecule has 0 fully saturated rings. The summed E-state index contributed by atoms with van der Waals surface area (Å²) < 4.78 is 23.2. The summed E-state index contributed by atoms with van der Waals surface area (Å²) in [4.78, 5) is 32.1. The van der Waals surface area contributed by atoms with Gasteiger partial charge >= 0.3 is 5.97 Å². The number of methoxy groups -OCH3 is 1. The number of hydrogen-bond acceptors (Lipinski definition) is 9. The van der Waals surface area contributed by atoms with Gasteiger partial charge in [-0.15, -0.1) is 0 Å². The van der Waals surface area contributed by atoms with E-state index in [9.17, 15) is 9.59 Å². The van der Waals surface area contributed by atoms with Gasteiger partial charge in [-0.2, -0.15) is 0 Å². The second kappa shape index (κ2) is 15.5. The van der Waals surface area contributed by atoms with Crippen LogP contribution in [0.5, 0.6) is 11.5 Å². The number of amides is 1. The number of carbonyl (C=O) groups is 2. The Hall–Kier alpha value is -4.41. The summed E-state index contributed by atoms with van der Waals surface area (Å²) in [5, 5.41) is 9.05. The summed E-state index contributed by atoms with van der Waals surface area (Å²) in [5.41, 5.74) is 6.12. The molecule has 1 aliphatic rings. The van der Waals surface area contributed by atoms with E-state index in [0.29, 0.717) is 48.6 Å². The summed E-state index contributed by atoms with van der Waals surface area (Å²) in [6, 6.07) is 24.4. The van der Waals surface area contributed by atoms with Crippen molar-refractivity contribution in [1.82, 2.24) is 10.9 Å². The van der Waals surface area contributed by atoms with E-state index in [1.165, 1.54) is 0 Å². The van der Waals surface area contributed by atoms with Crippen LogP contribution < -0.4 is 20.3 Å². The summed E-state index contributed by atoms with van der Waals surface area (Å²) in [6.07, 6.45) is 0.313. The van der Waals surface area contributed by atoms with Gasteiger partial charge in [-0.3, -0.25) is 15.0 Å². The lowest BCUT2D eigenvalue weighted by atomic mass is 9.83. The summed E-state index contributed by atoms with van der Waals surface area (Å²) in [7, 11) is 1.57. The van der Waals surface area contributed by atoms with Crippen molar-refractivity contribution in [1.29, 1.82) is 0 Å². The first-order valence-corrected chi connectivity index (χ1v) is 15.2. The van der Waals surface area contributed by atoms with Crippen LogP contribution in [-0.4, -0.2) is 60.9 Å². The molecule has 240 valence electrons. The van der Waals surface area contributed by atoms with E-state index in [4.69, 9.17) is 29.0 Å². The molecule has 0 bridgehead atoms. The third kappa shape index (κ3) is 9.29. The van der Waals surface area contributed by atoms with Crippen molar-refractivity contribution in [3.05, 3.63) is 95.6 Å². The van der Waals surface area contributed by atoms with Crippen LogP contribution in [0.3, 0.4) is 0 Å². The maximum absolute atomic E-state index is 14.2. The number of rotatable bonds is 15. The topological polar surface area (TPSA) is 128 Å². The van der Waals surface area contributed by atoms with Crippen LogP contribution in [0.15, 0.2) is 83.9 Å². The van der Waals surface area contributed by atoms with E-state index in [-0.39, 0.29) is 25.3 Å². The van der Waals surface area contributed by atoms with Crippen molar-refractivity contribution in [2.45, 2.75) is 63.7 Å². The van der Waals surface area contributed by atoms with Crippen molar-refractivity contribution in [3.8, 4) is 11.5 Å². The molecule has 0 saturated carbocycles. The molecule has 1 amide bonds. The molecule has 0 saturated heterocycles. The van der Waals surface area contributed by atoms with Crippen molar-refractivity contribution in [2.75, 3.05) is 26.9 Å². The van der Waals surface area contributed by atoms with Gasteiger partial charge in [-0.1, -0.05) is 42.5 Å². The normalized spacial score (nSPS) is 17.6. The molecule has 45 heavy (non-hydrogen) atoms. The molecule has 2 atom stereocenters. The monoisotopic (exact) mass is 617 g/mol. The average Bonchev–Trinajstić information content (AvgIpc) is 3.43. The molecular weight excluding hydrogens is 574 g/mol. The third-order valence-corrected chi connectivity index (χ3v) is 7.14. The number of aliphatic imine (C=N–C) groups is 1. The van der Waals surface area contributed by atoms with Crippen molar-refractivity contribution in [2.24, 2.45) is 4.99 Å².